The molecule has 1 aliphatic carbocycles. The average molecular weight is 1610 g/mol. The van der Waals surface area contributed by atoms with Gasteiger partial charge in [-0.05, 0) is 152 Å². The molecule has 0 unspecified atom stereocenters. The highest BCUT2D eigenvalue weighted by molar-refractivity contribution is 6.30. The van der Waals surface area contributed by atoms with Crippen molar-refractivity contribution in [2.24, 2.45) is 39.6 Å². The number of carbonyl (C=O) groups excluding carboxylic acids is 5. The second-order valence-corrected chi connectivity index (χ2v) is 31.0. The molecule has 29 nitrogen and oxygen atoms in total. The summed E-state index contributed by atoms with van der Waals surface area (Å²) in [6, 6.07) is 2.87. The number of aliphatic imine (C=N–C) groups is 1. The van der Waals surface area contributed by atoms with E-state index in [0.29, 0.717) is 217 Å². The molecule has 2 saturated heterocycles. The van der Waals surface area contributed by atoms with E-state index in [2.05, 4.69) is 48.3 Å². The predicted octanol–water partition coefficient (Wildman–Crippen LogP) is 10.9. The highest BCUT2D eigenvalue weighted by Crippen LogP contribution is 2.37. The minimum Gasteiger partial charge on any atom is -0.460 e. The van der Waals surface area contributed by atoms with E-state index in [0.717, 1.165) is 61.6 Å². The number of carbonyl (C=O) groups is 5. The summed E-state index contributed by atoms with van der Waals surface area (Å²) >= 11 is 0. The topological polar surface area (TPSA) is 398 Å². The maximum atomic E-state index is 14.5. The summed E-state index contributed by atoms with van der Waals surface area (Å²) in [4.78, 5) is 90.8. The number of nitrogen functional groups attached to an aromatic ring is 1. The summed E-state index contributed by atoms with van der Waals surface area (Å²) in [6.07, 6.45) is 28.0. The Labute approximate surface area is 680 Å². The van der Waals surface area contributed by atoms with Gasteiger partial charge in [-0.25, -0.2) is 19.7 Å². The fourth-order valence-electron chi connectivity index (χ4n) is 15.0. The number of nitrogens with one attached hydrogen (secondary N) is 3. The van der Waals surface area contributed by atoms with Crippen LogP contribution in [0.15, 0.2) is 88.5 Å². The Morgan fingerprint density at radius 1 is 0.765 bits per heavy atom. The van der Waals surface area contributed by atoms with Crippen LogP contribution in [0.4, 0.5) is 11.6 Å². The molecule has 6 heterocycles. The Morgan fingerprint density at radius 2 is 1.49 bits per heavy atom. The first kappa shape index (κ1) is 94.8. The number of fused-ring (bicyclic) bond motifs is 4. The average Bonchev–Trinajstić information content (AvgIpc) is 1.74. The molecule has 1 saturated carbocycles. The van der Waals surface area contributed by atoms with Crippen molar-refractivity contribution in [1.29, 1.82) is 5.41 Å². The van der Waals surface area contributed by atoms with Crippen LogP contribution in [-0.4, -0.2) is 250 Å². The number of hydrazone groups is 1. The lowest BCUT2D eigenvalue weighted by Crippen LogP contribution is -2.52. The van der Waals surface area contributed by atoms with Gasteiger partial charge in [0.1, 0.15) is 53.1 Å². The van der Waals surface area contributed by atoms with Crippen molar-refractivity contribution >= 4 is 69.5 Å². The van der Waals surface area contributed by atoms with Gasteiger partial charge in [-0.3, -0.25) is 29.6 Å². The molecule has 12 atom stereocenters. The van der Waals surface area contributed by atoms with E-state index in [-0.39, 0.29) is 96.7 Å². The Balaban J connectivity index is 0.708. The van der Waals surface area contributed by atoms with Gasteiger partial charge in [0.15, 0.2) is 5.79 Å². The van der Waals surface area contributed by atoms with Crippen molar-refractivity contribution in [1.82, 2.24) is 24.8 Å². The molecule has 4 aliphatic rings. The molecule has 3 aliphatic heterocycles. The lowest BCUT2D eigenvalue weighted by Gasteiger charge is -2.41. The number of hydrogen-bond donors (Lipinski definition) is 7. The minimum atomic E-state index is -1.73. The van der Waals surface area contributed by atoms with Crippen molar-refractivity contribution in [2.75, 3.05) is 131 Å². The van der Waals surface area contributed by atoms with Gasteiger partial charge in [0.2, 0.25) is 5.91 Å². The molecular formula is C86H133N11O18. The van der Waals surface area contributed by atoms with Crippen LogP contribution in [0.25, 0.3) is 11.0 Å². The maximum absolute atomic E-state index is 14.5. The van der Waals surface area contributed by atoms with Crippen LogP contribution in [0.3, 0.4) is 0 Å². The molecular weight excluding hydrogens is 1480 g/mol. The number of unbranched alkanes of at least 4 members (excludes halogenated alkanes) is 3. The van der Waals surface area contributed by atoms with Crippen molar-refractivity contribution in [3.8, 4) is 0 Å². The van der Waals surface area contributed by atoms with Gasteiger partial charge in [-0.15, -0.1) is 0 Å². The molecule has 0 radical (unpaired) electrons. The van der Waals surface area contributed by atoms with Crippen molar-refractivity contribution in [3.05, 3.63) is 89.6 Å². The third-order valence-electron chi connectivity index (χ3n) is 21.8. The summed E-state index contributed by atoms with van der Waals surface area (Å²) in [5.74, 6) is 2.98. The summed E-state index contributed by atoms with van der Waals surface area (Å²) in [7, 11) is 3.34. The van der Waals surface area contributed by atoms with Gasteiger partial charge in [0.05, 0.1) is 140 Å². The number of esters is 1. The third kappa shape index (κ3) is 34.6. The van der Waals surface area contributed by atoms with E-state index in [1.807, 2.05) is 50.3 Å². The summed E-state index contributed by atoms with van der Waals surface area (Å²) in [5, 5.41) is 40.1. The second-order valence-electron chi connectivity index (χ2n) is 31.0. The molecule has 9 N–H and O–H groups in total. The van der Waals surface area contributed by atoms with Gasteiger partial charge < -0.3 is 89.1 Å². The van der Waals surface area contributed by atoms with Crippen molar-refractivity contribution < 1.29 is 86.3 Å². The fourth-order valence-corrected chi connectivity index (χ4v) is 15.0. The zero-order valence-electron chi connectivity index (χ0n) is 69.3. The molecule has 115 heavy (non-hydrogen) atoms. The van der Waals surface area contributed by atoms with E-state index < -0.39 is 41.8 Å². The van der Waals surface area contributed by atoms with Crippen LogP contribution in [0.2, 0.25) is 0 Å². The van der Waals surface area contributed by atoms with E-state index >= 15 is 0 Å². The number of H-pyrrole nitrogens is 1. The number of amides is 1. The third-order valence-corrected chi connectivity index (χ3v) is 21.8. The standard InChI is InChI=1S/C86H133N11O18/c1-60-19-10-8-11-20-61(2)77(105-6)54-71-23-18-31-86(104,115-71)56-79(102)97-35-16-13-24-72(97)85(103)114-70(53-73(99)63(4)50-64(5)75(101)55-74(100)62(3)49-60)27-25-65-26-28-76(78(51-65)106-7)113-36-17-14-21-68(96-89)58-90-34-38-108-40-42-110-44-46-112-48-47-111-45-43-109-41-39-107-37-30-69(98)22-12-9-15-32-91-84-80(82(88)94-59-95-84)81(87)67-52-66-29-33-92-83(66)93-57-67/h8,10-11,19-20,29,33,50,52,57-60,62-63,65,70-72,75-78,87,101,104H,9,12-18,21-28,30-32,34-49,51,53-56,89H2,1-7H3,(H,92,93)(H3,88,91,94,95)/b11-8?,19-10+,61-20?,64-50+,87-81?,90-58?,96-68?/t60-,62-,63-,65-,70-,71+,72+,75+,76-,77+,78-,86-/m1/s1. The number of aliphatic hydroxyl groups excluding tert-OH is 1. The van der Waals surface area contributed by atoms with E-state index in [4.69, 9.17) is 69.1 Å². The van der Waals surface area contributed by atoms with Crippen LogP contribution in [-0.2, 0) is 76.1 Å². The second kappa shape index (κ2) is 53.1. The summed E-state index contributed by atoms with van der Waals surface area (Å²) in [5.41, 5.74) is 10.3. The number of aliphatic hydroxyl groups is 2. The molecule has 0 spiro atoms. The summed E-state index contributed by atoms with van der Waals surface area (Å²) in [6.45, 7) is 16.2. The highest BCUT2D eigenvalue weighted by atomic mass is 16.6. The van der Waals surface area contributed by atoms with Crippen LogP contribution in [0, 0.1) is 29.1 Å². The number of rotatable bonds is 42. The number of anilines is 2. The monoisotopic (exact) mass is 1610 g/mol. The van der Waals surface area contributed by atoms with Gasteiger partial charge >= 0.3 is 5.97 Å². The number of aromatic nitrogens is 4. The number of aromatic amines is 1. The molecule has 7 rings (SSSR count). The normalized spacial score (nSPS) is 25.8. The van der Waals surface area contributed by atoms with Crippen molar-refractivity contribution in [2.45, 2.75) is 237 Å². The van der Waals surface area contributed by atoms with Crippen LogP contribution in [0.1, 0.15) is 200 Å². The molecule has 640 valence electrons. The van der Waals surface area contributed by atoms with Crippen LogP contribution >= 0.6 is 0 Å². The van der Waals surface area contributed by atoms with Crippen LogP contribution < -0.4 is 16.9 Å². The smallest absolute Gasteiger partial charge is 0.329 e. The highest BCUT2D eigenvalue weighted by Gasteiger charge is 2.43. The SMILES string of the molecule is CO[C@H]1C[C@@H]2CCC[C@](O)(CC(=O)N3CCCC[C@H]3C(=O)O[C@H](CC[C@@H]3CC[C@@H](OCCCCC(C=NCCOCCOCCOCCOCCOCCOCCC(=O)CCCCCNc4ncnc(N)c4C(=N)c4cnc5[nH]ccc5c4)=NN)[C@H](OC)C3)CC(=O)[C@H](C)/C=C(\C)[C@@H](O)CC(=O)[C@H](C)C[C@H](C)/C=C/C=CC=C1C)O2. The number of pyridine rings is 1. The van der Waals surface area contributed by atoms with Gasteiger partial charge in [-0.2, -0.15) is 5.10 Å². The number of methoxy groups -OCH3 is 2. The van der Waals surface area contributed by atoms with E-state index in [1.165, 1.54) is 11.2 Å². The number of allylic oxidation sites excluding steroid dienone is 6. The van der Waals surface area contributed by atoms with Gasteiger partial charge in [-0.1, -0.05) is 63.6 Å². The summed E-state index contributed by atoms with van der Waals surface area (Å²) < 4.78 is 64.8. The number of nitrogens with two attached hydrogens (primary N) is 2. The zero-order valence-corrected chi connectivity index (χ0v) is 69.3. The first-order chi connectivity index (χ1) is 55.7. The first-order valence-electron chi connectivity index (χ1n) is 41.8. The Bertz CT molecular complexity index is 3620. The zero-order chi connectivity index (χ0) is 82.6. The van der Waals surface area contributed by atoms with E-state index in [1.54, 1.807) is 52.8 Å². The lowest BCUT2D eigenvalue weighted by atomic mass is 9.81. The molecule has 2 bridgehead atoms. The number of ether oxygens (including phenoxy) is 11. The quantitative estimate of drug-likeness (QED) is 0.00692. The lowest BCUT2D eigenvalue weighted by molar-refractivity contribution is -0.259. The Morgan fingerprint density at radius 3 is 2.21 bits per heavy atom. The number of Topliss-reactive ketones (excluding diaryl/α,β-unsaturated/α-hetero) is 3. The Hall–Kier alpha value is -7.39. The Kier molecular flexibility index (Phi) is 43.8. The van der Waals surface area contributed by atoms with Gasteiger partial charge in [0, 0.05) is 114 Å². The molecule has 3 aromatic rings. The largest absolute Gasteiger partial charge is 0.460 e. The first-order valence-corrected chi connectivity index (χ1v) is 41.8. The van der Waals surface area contributed by atoms with Crippen molar-refractivity contribution in [3.63, 3.8) is 0 Å². The molecule has 3 fully saturated rings. The number of nitrogens with zero attached hydrogens (tertiary/aromatic N) is 6. The molecule has 1 amide bonds. The minimum absolute atomic E-state index is 0.0629. The van der Waals surface area contributed by atoms with Crippen LogP contribution in [0.5, 0.6) is 0 Å². The number of hydrogen-bond acceptors (Lipinski definition) is 27. The predicted molar refractivity (Wildman–Crippen MR) is 442 cm³/mol. The molecule has 3 aromatic heterocycles. The maximum Gasteiger partial charge on any atom is 0.329 e. The fraction of sp³-hybridized carbons (Fsp3) is 0.686. The van der Waals surface area contributed by atoms with E-state index in [9.17, 15) is 34.2 Å². The number of cyclic esters (lactones) is 1. The number of ketones is 3. The van der Waals surface area contributed by atoms with Gasteiger partial charge in [0.25, 0.3) is 0 Å². The molecule has 29 heteroatoms. The number of piperidine rings is 1. The molecule has 0 aromatic carbocycles.